The van der Waals surface area contributed by atoms with E-state index in [1.807, 2.05) is 18.2 Å². The number of rotatable bonds is 1. The zero-order valence-electron chi connectivity index (χ0n) is 9.78. The highest BCUT2D eigenvalue weighted by Crippen LogP contribution is 2.41. The number of pyridine rings is 1. The molecule has 3 rings (SSSR count). The van der Waals surface area contributed by atoms with E-state index < -0.39 is 11.7 Å². The Morgan fingerprint density at radius 2 is 2.44 bits per heavy atom. The summed E-state index contributed by atoms with van der Waals surface area (Å²) in [7, 11) is 0. The van der Waals surface area contributed by atoms with Gasteiger partial charge in [-0.05, 0) is 12.1 Å². The first-order valence-corrected chi connectivity index (χ1v) is 5.87. The Bertz CT molecular complexity index is 453. The molecule has 2 atom stereocenters. The predicted octanol–water partition coefficient (Wildman–Crippen LogP) is 1.03. The Morgan fingerprint density at radius 1 is 1.56 bits per heavy atom. The van der Waals surface area contributed by atoms with Crippen molar-refractivity contribution in [1.82, 2.24) is 9.88 Å². The zero-order chi connectivity index (χ0) is 12.6. The Hall–Kier alpha value is -1.66. The summed E-state index contributed by atoms with van der Waals surface area (Å²) in [6.07, 6.45) is 1.09. The number of carbonyl (C=O) groups is 1. The van der Waals surface area contributed by atoms with Crippen LogP contribution >= 0.6 is 0 Å². The second kappa shape index (κ2) is 4.22. The van der Waals surface area contributed by atoms with Crippen LogP contribution < -0.4 is 0 Å². The third kappa shape index (κ3) is 1.65. The highest BCUT2D eigenvalue weighted by molar-refractivity contribution is 5.65. The van der Waals surface area contributed by atoms with Gasteiger partial charge in [-0.1, -0.05) is 6.07 Å². The van der Waals surface area contributed by atoms with Gasteiger partial charge in [0.2, 0.25) is 0 Å². The molecule has 2 saturated heterocycles. The summed E-state index contributed by atoms with van der Waals surface area (Å²) in [4.78, 5) is 16.7. The smallest absolute Gasteiger partial charge is 0.407 e. The molecule has 0 radical (unpaired) electrons. The van der Waals surface area contributed by atoms with Gasteiger partial charge in [-0.3, -0.25) is 4.98 Å². The van der Waals surface area contributed by atoms with Crippen LogP contribution in [0, 0.1) is 0 Å². The first-order chi connectivity index (χ1) is 8.72. The standard InChI is InChI=1S/C12H14N2O4/c15-11(16)14-6-4-12(9-3-1-2-5-13-9)10(7-14)17-8-18-12/h1-3,5,10H,4,6-8H2,(H,15,16)/t10-,12-/m1/s1. The van der Waals surface area contributed by atoms with Crippen molar-refractivity contribution >= 4 is 6.09 Å². The summed E-state index contributed by atoms with van der Waals surface area (Å²) in [6.45, 7) is 0.951. The lowest BCUT2D eigenvalue weighted by molar-refractivity contribution is -0.0477. The van der Waals surface area contributed by atoms with E-state index in [9.17, 15) is 4.79 Å². The lowest BCUT2D eigenvalue weighted by atomic mass is 9.85. The van der Waals surface area contributed by atoms with Gasteiger partial charge < -0.3 is 19.5 Å². The molecule has 2 aliphatic heterocycles. The minimum atomic E-state index is -0.917. The third-order valence-electron chi connectivity index (χ3n) is 3.61. The molecule has 1 aromatic heterocycles. The molecule has 0 bridgehead atoms. The first kappa shape index (κ1) is 11.4. The molecule has 2 fully saturated rings. The maximum atomic E-state index is 11.0. The molecule has 3 heterocycles. The number of nitrogens with zero attached hydrogens (tertiary/aromatic N) is 2. The highest BCUT2D eigenvalue weighted by atomic mass is 16.7. The van der Waals surface area contributed by atoms with E-state index in [0.29, 0.717) is 19.5 Å². The summed E-state index contributed by atoms with van der Waals surface area (Å²) >= 11 is 0. The van der Waals surface area contributed by atoms with E-state index >= 15 is 0 Å². The second-order valence-electron chi connectivity index (χ2n) is 4.50. The van der Waals surface area contributed by atoms with E-state index in [1.54, 1.807) is 6.20 Å². The minimum Gasteiger partial charge on any atom is -0.465 e. The number of hydrogen-bond donors (Lipinski definition) is 1. The van der Waals surface area contributed by atoms with Crippen LogP contribution in [0.1, 0.15) is 12.1 Å². The quantitative estimate of drug-likeness (QED) is 0.806. The van der Waals surface area contributed by atoms with Crippen LogP contribution in [0.15, 0.2) is 24.4 Å². The maximum absolute atomic E-state index is 11.0. The lowest BCUT2D eigenvalue weighted by Gasteiger charge is -2.40. The molecule has 0 aromatic carbocycles. The normalized spacial score (nSPS) is 31.1. The molecule has 18 heavy (non-hydrogen) atoms. The van der Waals surface area contributed by atoms with Gasteiger partial charge in [0.05, 0.1) is 12.2 Å². The Balaban J connectivity index is 1.90. The van der Waals surface area contributed by atoms with Gasteiger partial charge in [0.1, 0.15) is 18.5 Å². The van der Waals surface area contributed by atoms with E-state index in [2.05, 4.69) is 4.98 Å². The van der Waals surface area contributed by atoms with Crippen molar-refractivity contribution in [1.29, 1.82) is 0 Å². The van der Waals surface area contributed by atoms with Gasteiger partial charge in [0.15, 0.2) is 0 Å². The monoisotopic (exact) mass is 250 g/mol. The molecule has 96 valence electrons. The molecule has 6 nitrogen and oxygen atoms in total. The van der Waals surface area contributed by atoms with Gasteiger partial charge in [-0.2, -0.15) is 0 Å². The SMILES string of the molecule is O=C(O)N1CC[C@]2(c3ccccn3)OCO[C@@H]2C1. The Morgan fingerprint density at radius 3 is 3.17 bits per heavy atom. The van der Waals surface area contributed by atoms with E-state index in [-0.39, 0.29) is 12.9 Å². The number of carboxylic acid groups (broad SMARTS) is 1. The minimum absolute atomic E-state index is 0.189. The van der Waals surface area contributed by atoms with Crippen molar-refractivity contribution in [2.75, 3.05) is 19.9 Å². The van der Waals surface area contributed by atoms with Crippen LogP contribution in [-0.4, -0.2) is 47.1 Å². The number of likely N-dealkylation sites (tertiary alicyclic amines) is 1. The second-order valence-corrected chi connectivity index (χ2v) is 4.50. The van der Waals surface area contributed by atoms with Gasteiger partial charge in [0, 0.05) is 19.2 Å². The molecule has 2 aliphatic rings. The number of aromatic nitrogens is 1. The van der Waals surface area contributed by atoms with Gasteiger partial charge in [0.25, 0.3) is 0 Å². The molecule has 1 amide bonds. The van der Waals surface area contributed by atoms with Crippen LogP contribution in [0.4, 0.5) is 4.79 Å². The van der Waals surface area contributed by atoms with Crippen molar-refractivity contribution in [3.8, 4) is 0 Å². The topological polar surface area (TPSA) is 71.9 Å². The average Bonchev–Trinajstić information content (AvgIpc) is 2.83. The van der Waals surface area contributed by atoms with Crippen molar-refractivity contribution in [3.63, 3.8) is 0 Å². The maximum Gasteiger partial charge on any atom is 0.407 e. The molecular formula is C12H14N2O4. The molecule has 0 unspecified atom stereocenters. The fourth-order valence-electron chi connectivity index (χ4n) is 2.63. The summed E-state index contributed by atoms with van der Waals surface area (Å²) in [5.74, 6) is 0. The fraction of sp³-hybridized carbons (Fsp3) is 0.500. The van der Waals surface area contributed by atoms with Gasteiger partial charge in [-0.15, -0.1) is 0 Å². The number of piperidine rings is 1. The van der Waals surface area contributed by atoms with Crippen LogP contribution in [-0.2, 0) is 15.1 Å². The number of fused-ring (bicyclic) bond motifs is 1. The largest absolute Gasteiger partial charge is 0.465 e. The number of hydrogen-bond acceptors (Lipinski definition) is 4. The van der Waals surface area contributed by atoms with E-state index in [4.69, 9.17) is 14.6 Å². The molecular weight excluding hydrogens is 236 g/mol. The van der Waals surface area contributed by atoms with Gasteiger partial charge >= 0.3 is 6.09 Å². The van der Waals surface area contributed by atoms with Crippen LogP contribution in [0.25, 0.3) is 0 Å². The summed E-state index contributed by atoms with van der Waals surface area (Å²) in [6, 6.07) is 5.65. The summed E-state index contributed by atoms with van der Waals surface area (Å²) in [5, 5.41) is 9.03. The average molecular weight is 250 g/mol. The summed E-state index contributed by atoms with van der Waals surface area (Å²) in [5.41, 5.74) is 0.227. The van der Waals surface area contributed by atoms with Gasteiger partial charge in [-0.25, -0.2) is 4.79 Å². The Labute approximate surface area is 104 Å². The molecule has 0 aliphatic carbocycles. The number of amides is 1. The summed E-state index contributed by atoms with van der Waals surface area (Å²) < 4.78 is 11.3. The lowest BCUT2D eigenvalue weighted by Crippen LogP contribution is -2.53. The molecule has 1 N–H and O–H groups in total. The van der Waals surface area contributed by atoms with E-state index in [0.717, 1.165) is 5.69 Å². The molecule has 6 heteroatoms. The zero-order valence-corrected chi connectivity index (χ0v) is 9.78. The number of ether oxygens (including phenoxy) is 2. The van der Waals surface area contributed by atoms with Crippen molar-refractivity contribution in [2.24, 2.45) is 0 Å². The van der Waals surface area contributed by atoms with Crippen molar-refractivity contribution < 1.29 is 19.4 Å². The van der Waals surface area contributed by atoms with Crippen molar-refractivity contribution in [3.05, 3.63) is 30.1 Å². The molecule has 0 saturated carbocycles. The Kier molecular flexibility index (Phi) is 2.68. The highest BCUT2D eigenvalue weighted by Gasteiger charge is 2.52. The van der Waals surface area contributed by atoms with Crippen molar-refractivity contribution in [2.45, 2.75) is 18.1 Å². The third-order valence-corrected chi connectivity index (χ3v) is 3.61. The van der Waals surface area contributed by atoms with Crippen LogP contribution in [0.3, 0.4) is 0 Å². The van der Waals surface area contributed by atoms with E-state index in [1.165, 1.54) is 4.90 Å². The predicted molar refractivity (Wildman–Crippen MR) is 61.0 cm³/mol. The first-order valence-electron chi connectivity index (χ1n) is 5.87. The molecule has 1 aromatic rings. The fourth-order valence-corrected chi connectivity index (χ4v) is 2.63. The molecule has 0 spiro atoms. The van der Waals surface area contributed by atoms with Crippen LogP contribution in [0.2, 0.25) is 0 Å². The van der Waals surface area contributed by atoms with Crippen LogP contribution in [0.5, 0.6) is 0 Å².